The number of nitrogen functional groups attached to an aromatic ring is 1. The lowest BCUT2D eigenvalue weighted by atomic mass is 9.99. The fourth-order valence-corrected chi connectivity index (χ4v) is 3.00. The Bertz CT molecular complexity index is 1030. The summed E-state index contributed by atoms with van der Waals surface area (Å²) < 4.78 is 5.41. The highest BCUT2D eigenvalue weighted by Crippen LogP contribution is 2.26. The fraction of sp³-hybridized carbons (Fsp3) is 0.0909. The average Bonchev–Trinajstić information content (AvgIpc) is 3.17. The van der Waals surface area contributed by atoms with Crippen LogP contribution >= 0.6 is 0 Å². The molecule has 27 heavy (non-hydrogen) atoms. The Balaban J connectivity index is 1.49. The van der Waals surface area contributed by atoms with E-state index in [2.05, 4.69) is 10.1 Å². The molecular weight excluding hydrogens is 338 g/mol. The van der Waals surface area contributed by atoms with Gasteiger partial charge in [0.15, 0.2) is 5.76 Å². The zero-order valence-electron chi connectivity index (χ0n) is 14.6. The molecule has 0 aliphatic heterocycles. The lowest BCUT2D eigenvalue weighted by Gasteiger charge is -2.11. The summed E-state index contributed by atoms with van der Waals surface area (Å²) in [6.07, 6.45) is 1.64. The fourth-order valence-electron chi connectivity index (χ4n) is 3.00. The molecule has 0 aliphatic rings. The number of nitrogens with two attached hydrogens (primary N) is 1. The molecule has 4 aromatic rings. The molecule has 0 aliphatic carbocycles. The molecule has 0 saturated heterocycles. The number of aromatic nitrogens is 2. The molecular formula is C22H19N3O2. The van der Waals surface area contributed by atoms with Gasteiger partial charge in [0.05, 0.1) is 11.3 Å². The molecule has 134 valence electrons. The number of benzene rings is 2. The average molecular weight is 357 g/mol. The van der Waals surface area contributed by atoms with Crippen LogP contribution in [0.5, 0.6) is 0 Å². The molecule has 1 unspecified atom stereocenters. The maximum atomic E-state index is 10.5. The van der Waals surface area contributed by atoms with Gasteiger partial charge in [0, 0.05) is 18.7 Å². The van der Waals surface area contributed by atoms with Gasteiger partial charge in [-0.3, -0.25) is 0 Å². The number of nitrogens with zero attached hydrogens (tertiary/aromatic N) is 2. The van der Waals surface area contributed by atoms with Crippen molar-refractivity contribution in [2.75, 3.05) is 5.73 Å². The minimum Gasteiger partial charge on any atom is -0.384 e. The molecule has 2 heterocycles. The van der Waals surface area contributed by atoms with E-state index in [0.717, 1.165) is 27.9 Å². The van der Waals surface area contributed by atoms with E-state index in [1.807, 2.05) is 72.8 Å². The van der Waals surface area contributed by atoms with Gasteiger partial charge >= 0.3 is 0 Å². The first kappa shape index (κ1) is 17.0. The van der Waals surface area contributed by atoms with Crippen LogP contribution in [0.15, 0.2) is 83.5 Å². The van der Waals surface area contributed by atoms with E-state index in [1.54, 1.807) is 6.20 Å². The zero-order chi connectivity index (χ0) is 18.6. The van der Waals surface area contributed by atoms with Crippen molar-refractivity contribution in [1.29, 1.82) is 0 Å². The molecule has 1 atom stereocenters. The molecule has 0 bridgehead atoms. The van der Waals surface area contributed by atoms with Crippen LogP contribution in [0.25, 0.3) is 11.3 Å². The smallest absolute Gasteiger partial charge is 0.170 e. The van der Waals surface area contributed by atoms with Crippen molar-refractivity contribution in [3.63, 3.8) is 0 Å². The lowest BCUT2D eigenvalue weighted by Crippen LogP contribution is -1.99. The maximum absolute atomic E-state index is 10.5. The summed E-state index contributed by atoms with van der Waals surface area (Å²) in [4.78, 5) is 4.07. The SMILES string of the molecule is Nc1ncccc1-c1cc(Cc2ccc(C(O)c3ccccc3)cc2)no1. The van der Waals surface area contributed by atoms with E-state index in [9.17, 15) is 5.11 Å². The van der Waals surface area contributed by atoms with Crippen LogP contribution in [0, 0.1) is 0 Å². The van der Waals surface area contributed by atoms with Gasteiger partial charge in [-0.2, -0.15) is 0 Å². The third kappa shape index (κ3) is 3.73. The second kappa shape index (κ2) is 7.43. The van der Waals surface area contributed by atoms with Crippen LogP contribution in [-0.2, 0) is 6.42 Å². The summed E-state index contributed by atoms with van der Waals surface area (Å²) in [5.41, 5.74) is 10.2. The molecule has 0 fully saturated rings. The largest absolute Gasteiger partial charge is 0.384 e. The molecule has 5 heteroatoms. The minimum atomic E-state index is -0.632. The normalized spacial score (nSPS) is 12.0. The Morgan fingerprint density at radius 3 is 2.41 bits per heavy atom. The van der Waals surface area contributed by atoms with E-state index in [-0.39, 0.29) is 0 Å². The highest BCUT2D eigenvalue weighted by molar-refractivity contribution is 5.69. The van der Waals surface area contributed by atoms with E-state index in [0.29, 0.717) is 18.0 Å². The Morgan fingerprint density at radius 1 is 0.926 bits per heavy atom. The van der Waals surface area contributed by atoms with Gasteiger partial charge in [-0.15, -0.1) is 0 Å². The Morgan fingerprint density at radius 2 is 1.67 bits per heavy atom. The number of pyridine rings is 1. The summed E-state index contributed by atoms with van der Waals surface area (Å²) in [6.45, 7) is 0. The van der Waals surface area contributed by atoms with Gasteiger partial charge in [0.1, 0.15) is 11.9 Å². The predicted molar refractivity (Wildman–Crippen MR) is 104 cm³/mol. The van der Waals surface area contributed by atoms with E-state index >= 15 is 0 Å². The minimum absolute atomic E-state index is 0.416. The van der Waals surface area contributed by atoms with Gasteiger partial charge in [-0.1, -0.05) is 59.8 Å². The summed E-state index contributed by atoms with van der Waals surface area (Å²) in [7, 11) is 0. The number of aliphatic hydroxyl groups is 1. The van der Waals surface area contributed by atoms with Crippen LogP contribution < -0.4 is 5.73 Å². The van der Waals surface area contributed by atoms with Gasteiger partial charge in [-0.25, -0.2) is 4.98 Å². The van der Waals surface area contributed by atoms with E-state index in [4.69, 9.17) is 10.3 Å². The first-order valence-electron chi connectivity index (χ1n) is 8.69. The van der Waals surface area contributed by atoms with Crippen molar-refractivity contribution in [1.82, 2.24) is 10.1 Å². The molecule has 0 amide bonds. The Labute approximate surface area is 157 Å². The summed E-state index contributed by atoms with van der Waals surface area (Å²) in [5, 5.41) is 14.6. The van der Waals surface area contributed by atoms with Crippen LogP contribution in [0.3, 0.4) is 0 Å². The summed E-state index contributed by atoms with van der Waals surface area (Å²) >= 11 is 0. The highest BCUT2D eigenvalue weighted by Gasteiger charge is 2.12. The molecule has 2 aromatic carbocycles. The van der Waals surface area contributed by atoms with Crippen LogP contribution in [0.2, 0.25) is 0 Å². The van der Waals surface area contributed by atoms with Crippen molar-refractivity contribution < 1.29 is 9.63 Å². The number of hydrogen-bond donors (Lipinski definition) is 2. The molecule has 0 spiro atoms. The van der Waals surface area contributed by atoms with E-state index in [1.165, 1.54) is 0 Å². The first-order valence-corrected chi connectivity index (χ1v) is 8.69. The number of aliphatic hydroxyl groups excluding tert-OH is 1. The van der Waals surface area contributed by atoms with Gasteiger partial charge in [0.25, 0.3) is 0 Å². The van der Waals surface area contributed by atoms with Gasteiger partial charge < -0.3 is 15.4 Å². The molecule has 3 N–H and O–H groups in total. The number of rotatable bonds is 5. The summed E-state index contributed by atoms with van der Waals surface area (Å²) in [5.74, 6) is 1.02. The molecule has 2 aromatic heterocycles. The lowest BCUT2D eigenvalue weighted by molar-refractivity contribution is 0.220. The zero-order valence-corrected chi connectivity index (χ0v) is 14.6. The topological polar surface area (TPSA) is 85.2 Å². The van der Waals surface area contributed by atoms with Crippen molar-refractivity contribution in [2.45, 2.75) is 12.5 Å². The maximum Gasteiger partial charge on any atom is 0.170 e. The Hall–Kier alpha value is -3.44. The second-order valence-electron chi connectivity index (χ2n) is 6.35. The number of hydrogen-bond acceptors (Lipinski definition) is 5. The molecule has 0 radical (unpaired) electrons. The Kier molecular flexibility index (Phi) is 4.68. The molecule has 5 nitrogen and oxygen atoms in total. The van der Waals surface area contributed by atoms with Gasteiger partial charge in [-0.05, 0) is 28.8 Å². The van der Waals surface area contributed by atoms with Crippen molar-refractivity contribution >= 4 is 5.82 Å². The summed E-state index contributed by atoms with van der Waals surface area (Å²) in [6, 6.07) is 23.0. The third-order valence-electron chi connectivity index (χ3n) is 4.46. The van der Waals surface area contributed by atoms with Gasteiger partial charge in [0.2, 0.25) is 0 Å². The quantitative estimate of drug-likeness (QED) is 0.564. The van der Waals surface area contributed by atoms with Crippen molar-refractivity contribution in [3.8, 4) is 11.3 Å². The van der Waals surface area contributed by atoms with Crippen molar-refractivity contribution in [3.05, 3.63) is 101 Å². The molecule has 4 rings (SSSR count). The highest BCUT2D eigenvalue weighted by atomic mass is 16.5. The standard InChI is InChI=1S/C22H19N3O2/c23-22-19(7-4-12-24-22)20-14-18(25-27-20)13-15-8-10-17(11-9-15)21(26)16-5-2-1-3-6-16/h1-12,14,21,26H,13H2,(H2,23,24). The number of anilines is 1. The molecule has 0 saturated carbocycles. The van der Waals surface area contributed by atoms with E-state index < -0.39 is 6.10 Å². The van der Waals surface area contributed by atoms with Crippen LogP contribution in [0.1, 0.15) is 28.5 Å². The van der Waals surface area contributed by atoms with Crippen LogP contribution in [0.4, 0.5) is 5.82 Å². The monoisotopic (exact) mass is 357 g/mol. The second-order valence-corrected chi connectivity index (χ2v) is 6.35. The third-order valence-corrected chi connectivity index (χ3v) is 4.46. The predicted octanol–water partition coefficient (Wildman–Crippen LogP) is 3.99. The first-order chi connectivity index (χ1) is 13.2. The van der Waals surface area contributed by atoms with Crippen LogP contribution in [-0.4, -0.2) is 15.2 Å². The van der Waals surface area contributed by atoms with Crippen molar-refractivity contribution in [2.24, 2.45) is 0 Å².